The number of para-hydroxylation sites is 2. The molecule has 0 aliphatic rings. The van der Waals surface area contributed by atoms with E-state index in [4.69, 9.17) is 9.40 Å². The molecule has 0 aliphatic heterocycles. The Morgan fingerprint density at radius 3 is 2.48 bits per heavy atom. The van der Waals surface area contributed by atoms with Crippen LogP contribution in [0.4, 0.5) is 0 Å². The molecule has 2 aromatic heterocycles. The van der Waals surface area contributed by atoms with Gasteiger partial charge in [0.15, 0.2) is 5.58 Å². The Hall–Kier alpha value is -1.51. The van der Waals surface area contributed by atoms with E-state index in [1.165, 1.54) is 0 Å². The molecule has 0 fully saturated rings. The van der Waals surface area contributed by atoms with Crippen molar-refractivity contribution >= 4 is 11.1 Å². The number of oxazole rings is 1. The third kappa shape index (κ3) is 2.92. The van der Waals surface area contributed by atoms with Crippen LogP contribution in [0.5, 0.6) is 0 Å². The normalized spacial score (nSPS) is 11.4. The summed E-state index contributed by atoms with van der Waals surface area (Å²) in [6.45, 7) is 6.30. The molecule has 1 radical (unpaired) electrons. The predicted molar refractivity (Wildman–Crippen MR) is 79.8 cm³/mol. The van der Waals surface area contributed by atoms with Crippen molar-refractivity contribution in [3.8, 4) is 0 Å². The van der Waals surface area contributed by atoms with Crippen LogP contribution in [0.1, 0.15) is 38.0 Å². The molecule has 2 heterocycles. The summed E-state index contributed by atoms with van der Waals surface area (Å²) >= 11 is 0. The molecule has 0 spiro atoms. The van der Waals surface area contributed by atoms with Crippen LogP contribution in [0.2, 0.25) is 0 Å². The Labute approximate surface area is 138 Å². The minimum Gasteiger partial charge on any atom is -0.440 e. The van der Waals surface area contributed by atoms with E-state index in [9.17, 15) is 0 Å². The Kier molecular flexibility index (Phi) is 4.60. The van der Waals surface area contributed by atoms with Crippen molar-refractivity contribution in [1.82, 2.24) is 9.97 Å². The van der Waals surface area contributed by atoms with Gasteiger partial charge in [0.2, 0.25) is 5.89 Å². The number of pyridine rings is 1. The number of hydrogen-bond acceptors (Lipinski definition) is 3. The maximum absolute atomic E-state index is 5.91. The molecule has 3 aromatic rings. The summed E-state index contributed by atoms with van der Waals surface area (Å²) in [4.78, 5) is 9.32. The van der Waals surface area contributed by atoms with Gasteiger partial charge in [-0.25, -0.2) is 4.98 Å². The zero-order chi connectivity index (χ0) is 14.2. The average molecular weight is 459 g/mol. The van der Waals surface area contributed by atoms with E-state index in [2.05, 4.69) is 25.8 Å². The fourth-order valence-electron chi connectivity index (χ4n) is 2.27. The average Bonchev–Trinajstić information content (AvgIpc) is 2.92. The molecule has 0 N–H and O–H groups in total. The second-order valence-corrected chi connectivity index (χ2v) is 5.48. The largest absolute Gasteiger partial charge is 0.440 e. The molecule has 0 saturated heterocycles. The van der Waals surface area contributed by atoms with E-state index in [0.717, 1.165) is 28.9 Å². The maximum atomic E-state index is 5.91. The minimum absolute atomic E-state index is 0. The molecule has 0 amide bonds. The van der Waals surface area contributed by atoms with Crippen molar-refractivity contribution in [3.05, 3.63) is 59.7 Å². The topological polar surface area (TPSA) is 38.9 Å². The van der Waals surface area contributed by atoms with Gasteiger partial charge in [0, 0.05) is 25.8 Å². The van der Waals surface area contributed by atoms with Gasteiger partial charge in [-0.15, -0.1) is 0 Å². The van der Waals surface area contributed by atoms with Gasteiger partial charge in [-0.1, -0.05) is 25.1 Å². The summed E-state index contributed by atoms with van der Waals surface area (Å²) in [6.07, 6.45) is 0.928. The molecule has 111 valence electrons. The van der Waals surface area contributed by atoms with Crippen LogP contribution in [0, 0.1) is 0 Å². The van der Waals surface area contributed by atoms with Gasteiger partial charge < -0.3 is 4.42 Å². The molecule has 4 heteroatoms. The first kappa shape index (κ1) is 15.9. The van der Waals surface area contributed by atoms with E-state index in [1.54, 1.807) is 0 Å². The molecule has 3 rings (SSSR count). The Bertz CT molecular complexity index is 716. The second kappa shape index (κ2) is 6.08. The SMILES string of the molecule is CCc1cccc(C(C)(C)c2nc3ccccc3o2)n1.[Ir]. The Morgan fingerprint density at radius 2 is 1.76 bits per heavy atom. The number of benzene rings is 1. The summed E-state index contributed by atoms with van der Waals surface area (Å²) < 4.78 is 5.91. The third-order valence-corrected chi connectivity index (χ3v) is 3.64. The van der Waals surface area contributed by atoms with E-state index in [-0.39, 0.29) is 25.5 Å². The first-order valence-electron chi connectivity index (χ1n) is 6.93. The number of rotatable bonds is 3. The molecule has 0 bridgehead atoms. The van der Waals surface area contributed by atoms with Crippen molar-refractivity contribution in [3.63, 3.8) is 0 Å². The third-order valence-electron chi connectivity index (χ3n) is 3.64. The molecule has 21 heavy (non-hydrogen) atoms. The van der Waals surface area contributed by atoms with Gasteiger partial charge >= 0.3 is 0 Å². The zero-order valence-corrected chi connectivity index (χ0v) is 14.8. The first-order valence-corrected chi connectivity index (χ1v) is 6.93. The van der Waals surface area contributed by atoms with Crippen LogP contribution in [-0.4, -0.2) is 9.97 Å². The fourth-order valence-corrected chi connectivity index (χ4v) is 2.27. The van der Waals surface area contributed by atoms with E-state index >= 15 is 0 Å². The van der Waals surface area contributed by atoms with Crippen LogP contribution in [-0.2, 0) is 31.9 Å². The standard InChI is InChI=1S/C17H18N2O.Ir/c1-4-12-8-7-11-15(18-12)17(2,3)16-19-13-9-5-6-10-14(13)20-16;/h5-11H,4H2,1-3H3;. The quantitative estimate of drug-likeness (QED) is 0.593. The van der Waals surface area contributed by atoms with Crippen molar-refractivity contribution in [2.45, 2.75) is 32.6 Å². The fraction of sp³-hybridized carbons (Fsp3) is 0.294. The molecular formula is C17H18IrN2O. The molecule has 0 unspecified atom stereocenters. The number of hydrogen-bond donors (Lipinski definition) is 0. The maximum Gasteiger partial charge on any atom is 0.207 e. The summed E-state index contributed by atoms with van der Waals surface area (Å²) in [5.74, 6) is 0.708. The molecule has 3 nitrogen and oxygen atoms in total. The number of aryl methyl sites for hydroxylation is 1. The molecule has 1 aromatic carbocycles. The van der Waals surface area contributed by atoms with Gasteiger partial charge in [0.1, 0.15) is 5.52 Å². The first-order chi connectivity index (χ1) is 9.61. The number of aromatic nitrogens is 2. The Morgan fingerprint density at radius 1 is 1.00 bits per heavy atom. The van der Waals surface area contributed by atoms with E-state index < -0.39 is 0 Å². The van der Waals surface area contributed by atoms with Crippen molar-refractivity contribution in [1.29, 1.82) is 0 Å². The second-order valence-electron chi connectivity index (χ2n) is 5.48. The summed E-state index contributed by atoms with van der Waals surface area (Å²) in [7, 11) is 0. The number of nitrogens with zero attached hydrogens (tertiary/aromatic N) is 2. The van der Waals surface area contributed by atoms with Crippen molar-refractivity contribution in [2.24, 2.45) is 0 Å². The summed E-state index contributed by atoms with van der Waals surface area (Å²) in [5, 5.41) is 0. The molecular weight excluding hydrogens is 440 g/mol. The predicted octanol–water partition coefficient (Wildman–Crippen LogP) is 4.11. The van der Waals surface area contributed by atoms with Crippen LogP contribution in [0.25, 0.3) is 11.1 Å². The van der Waals surface area contributed by atoms with Crippen LogP contribution in [0.3, 0.4) is 0 Å². The van der Waals surface area contributed by atoms with Gasteiger partial charge in [0.05, 0.1) is 11.1 Å². The smallest absolute Gasteiger partial charge is 0.207 e. The summed E-state index contributed by atoms with van der Waals surface area (Å²) in [5.41, 5.74) is 3.45. The van der Waals surface area contributed by atoms with Crippen LogP contribution >= 0.6 is 0 Å². The van der Waals surface area contributed by atoms with Gasteiger partial charge in [-0.3, -0.25) is 4.98 Å². The minimum atomic E-state index is -0.343. The van der Waals surface area contributed by atoms with Crippen LogP contribution < -0.4 is 0 Å². The van der Waals surface area contributed by atoms with Gasteiger partial charge in [0.25, 0.3) is 0 Å². The Balaban J connectivity index is 0.00000161. The van der Waals surface area contributed by atoms with Crippen LogP contribution in [0.15, 0.2) is 46.9 Å². The molecule has 0 saturated carbocycles. The van der Waals surface area contributed by atoms with E-state index in [1.807, 2.05) is 42.5 Å². The molecule has 0 atom stereocenters. The monoisotopic (exact) mass is 459 g/mol. The summed E-state index contributed by atoms with van der Waals surface area (Å²) in [6, 6.07) is 14.0. The van der Waals surface area contributed by atoms with E-state index in [0.29, 0.717) is 5.89 Å². The van der Waals surface area contributed by atoms with Crippen molar-refractivity contribution in [2.75, 3.05) is 0 Å². The molecule has 0 aliphatic carbocycles. The number of fused-ring (bicyclic) bond motifs is 1. The van der Waals surface area contributed by atoms with Gasteiger partial charge in [-0.2, -0.15) is 0 Å². The zero-order valence-electron chi connectivity index (χ0n) is 12.4. The van der Waals surface area contributed by atoms with Crippen molar-refractivity contribution < 1.29 is 24.5 Å². The van der Waals surface area contributed by atoms with Gasteiger partial charge in [-0.05, 0) is 44.5 Å².